The predicted molar refractivity (Wildman–Crippen MR) is 64.2 cm³/mol. The molecular formula is C12H16NO2S. The van der Waals surface area contributed by atoms with E-state index < -0.39 is 10.0 Å². The first-order chi connectivity index (χ1) is 7.68. The number of hydrogen-bond acceptors (Lipinski definition) is 2. The Morgan fingerprint density at radius 2 is 1.69 bits per heavy atom. The van der Waals surface area contributed by atoms with Crippen LogP contribution in [0.4, 0.5) is 0 Å². The quantitative estimate of drug-likeness (QED) is 0.805. The zero-order chi connectivity index (χ0) is 11.4. The number of sulfonamides is 1. The van der Waals surface area contributed by atoms with Gasteiger partial charge in [0.25, 0.3) is 0 Å². The highest BCUT2D eigenvalue weighted by Gasteiger charge is 2.23. The molecule has 2 rings (SSSR count). The SMILES string of the molecule is O=S(=O)(Cc1ccccc1)N1CC[CH]CC1. The third-order valence-corrected chi connectivity index (χ3v) is 4.60. The van der Waals surface area contributed by atoms with E-state index in [1.54, 1.807) is 4.31 Å². The van der Waals surface area contributed by atoms with E-state index in [0.29, 0.717) is 13.1 Å². The van der Waals surface area contributed by atoms with Crippen molar-refractivity contribution in [2.75, 3.05) is 13.1 Å². The first kappa shape index (κ1) is 11.6. The van der Waals surface area contributed by atoms with Gasteiger partial charge in [0.15, 0.2) is 0 Å². The van der Waals surface area contributed by atoms with E-state index in [0.717, 1.165) is 18.4 Å². The van der Waals surface area contributed by atoms with Crippen molar-refractivity contribution in [3.05, 3.63) is 42.3 Å². The normalized spacial score (nSPS) is 18.5. The van der Waals surface area contributed by atoms with Crippen LogP contribution in [0.2, 0.25) is 0 Å². The Bertz CT molecular complexity index is 422. The summed E-state index contributed by atoms with van der Waals surface area (Å²) in [7, 11) is -3.12. The highest BCUT2D eigenvalue weighted by molar-refractivity contribution is 7.88. The maximum absolute atomic E-state index is 12.1. The predicted octanol–water partition coefficient (Wildman–Crippen LogP) is 1.82. The Labute approximate surface area is 97.1 Å². The smallest absolute Gasteiger partial charge is 0.212 e. The molecule has 3 nitrogen and oxygen atoms in total. The molecule has 0 saturated carbocycles. The Kier molecular flexibility index (Phi) is 3.61. The van der Waals surface area contributed by atoms with Crippen LogP contribution in [0.1, 0.15) is 18.4 Å². The Morgan fingerprint density at radius 1 is 1.06 bits per heavy atom. The lowest BCUT2D eigenvalue weighted by molar-refractivity contribution is 0.383. The van der Waals surface area contributed by atoms with Crippen LogP contribution in [0, 0.1) is 6.42 Å². The standard InChI is InChI=1S/C12H16NO2S/c14-16(15,13-9-5-2-6-10-13)11-12-7-3-1-4-8-12/h1-4,7-8H,5-6,9-11H2. The van der Waals surface area contributed by atoms with Gasteiger partial charge in [-0.3, -0.25) is 0 Å². The minimum absolute atomic E-state index is 0.119. The third-order valence-electron chi connectivity index (χ3n) is 2.75. The van der Waals surface area contributed by atoms with Crippen LogP contribution in [-0.2, 0) is 15.8 Å². The molecule has 1 aromatic rings. The van der Waals surface area contributed by atoms with Crippen molar-refractivity contribution in [3.8, 4) is 0 Å². The minimum atomic E-state index is -3.12. The lowest BCUT2D eigenvalue weighted by Gasteiger charge is -2.25. The minimum Gasteiger partial charge on any atom is -0.212 e. The van der Waals surface area contributed by atoms with Gasteiger partial charge in [-0.1, -0.05) is 30.3 Å². The number of nitrogens with zero attached hydrogens (tertiary/aromatic N) is 1. The van der Waals surface area contributed by atoms with Crippen molar-refractivity contribution < 1.29 is 8.42 Å². The highest BCUT2D eigenvalue weighted by atomic mass is 32.2. The number of rotatable bonds is 3. The van der Waals surface area contributed by atoms with Crippen molar-refractivity contribution in [2.45, 2.75) is 18.6 Å². The summed E-state index contributed by atoms with van der Waals surface area (Å²) in [4.78, 5) is 0. The molecule has 0 N–H and O–H groups in total. The molecule has 0 aromatic heterocycles. The van der Waals surface area contributed by atoms with E-state index in [-0.39, 0.29) is 5.75 Å². The van der Waals surface area contributed by atoms with Gasteiger partial charge in [0.1, 0.15) is 0 Å². The van der Waals surface area contributed by atoms with E-state index >= 15 is 0 Å². The van der Waals surface area contributed by atoms with Gasteiger partial charge in [0.2, 0.25) is 10.0 Å². The van der Waals surface area contributed by atoms with Crippen molar-refractivity contribution >= 4 is 10.0 Å². The topological polar surface area (TPSA) is 37.4 Å². The average molecular weight is 238 g/mol. The molecule has 0 bridgehead atoms. The van der Waals surface area contributed by atoms with Gasteiger partial charge < -0.3 is 0 Å². The second-order valence-electron chi connectivity index (χ2n) is 4.01. The summed E-state index contributed by atoms with van der Waals surface area (Å²) in [6.07, 6.45) is 3.89. The Morgan fingerprint density at radius 3 is 2.31 bits per heavy atom. The van der Waals surface area contributed by atoms with Crippen LogP contribution in [0.3, 0.4) is 0 Å². The molecule has 87 valence electrons. The number of benzene rings is 1. The molecule has 4 heteroatoms. The largest absolute Gasteiger partial charge is 0.218 e. The molecule has 0 amide bonds. The van der Waals surface area contributed by atoms with Crippen LogP contribution in [0.25, 0.3) is 0 Å². The summed E-state index contributed by atoms with van der Waals surface area (Å²) in [5.41, 5.74) is 0.858. The van der Waals surface area contributed by atoms with E-state index in [4.69, 9.17) is 0 Å². The Hall–Kier alpha value is -0.870. The van der Waals surface area contributed by atoms with E-state index in [9.17, 15) is 8.42 Å². The summed E-state index contributed by atoms with van der Waals surface area (Å²) in [5, 5.41) is 0. The molecule has 1 heterocycles. The Balaban J connectivity index is 2.08. The van der Waals surface area contributed by atoms with Gasteiger partial charge in [-0.15, -0.1) is 0 Å². The summed E-state index contributed by atoms with van der Waals surface area (Å²) >= 11 is 0. The molecule has 1 fully saturated rings. The van der Waals surface area contributed by atoms with Gasteiger partial charge >= 0.3 is 0 Å². The average Bonchev–Trinajstić information content (AvgIpc) is 2.31. The number of hydrogen-bond donors (Lipinski definition) is 0. The first-order valence-corrected chi connectivity index (χ1v) is 7.13. The molecule has 0 spiro atoms. The molecule has 1 aliphatic heterocycles. The summed E-state index contributed by atoms with van der Waals surface area (Å²) in [6.45, 7) is 1.27. The van der Waals surface area contributed by atoms with Crippen molar-refractivity contribution in [1.29, 1.82) is 0 Å². The second kappa shape index (κ2) is 4.97. The molecular weight excluding hydrogens is 222 g/mol. The molecule has 0 aliphatic carbocycles. The van der Waals surface area contributed by atoms with Gasteiger partial charge in [0.05, 0.1) is 5.75 Å². The first-order valence-electron chi connectivity index (χ1n) is 5.52. The van der Waals surface area contributed by atoms with E-state index in [2.05, 4.69) is 6.42 Å². The fourth-order valence-corrected chi connectivity index (χ4v) is 3.44. The third kappa shape index (κ3) is 2.83. The van der Waals surface area contributed by atoms with Crippen molar-refractivity contribution in [1.82, 2.24) is 4.31 Å². The van der Waals surface area contributed by atoms with Crippen LogP contribution in [-0.4, -0.2) is 25.8 Å². The highest BCUT2D eigenvalue weighted by Crippen LogP contribution is 2.16. The lowest BCUT2D eigenvalue weighted by Crippen LogP contribution is -2.36. The fourth-order valence-electron chi connectivity index (χ4n) is 1.88. The van der Waals surface area contributed by atoms with E-state index in [1.165, 1.54) is 0 Å². The summed E-state index contributed by atoms with van der Waals surface area (Å²) in [5.74, 6) is 0.119. The maximum atomic E-state index is 12.1. The molecule has 1 saturated heterocycles. The van der Waals surface area contributed by atoms with Gasteiger partial charge in [-0.05, 0) is 24.8 Å². The molecule has 1 aliphatic rings. The van der Waals surface area contributed by atoms with Crippen molar-refractivity contribution in [2.24, 2.45) is 0 Å². The zero-order valence-corrected chi connectivity index (χ0v) is 9.99. The summed E-state index contributed by atoms with van der Waals surface area (Å²) < 4.78 is 25.7. The molecule has 0 unspecified atom stereocenters. The lowest BCUT2D eigenvalue weighted by atomic mass is 10.2. The molecule has 16 heavy (non-hydrogen) atoms. The van der Waals surface area contributed by atoms with Crippen LogP contribution < -0.4 is 0 Å². The van der Waals surface area contributed by atoms with Gasteiger partial charge in [0, 0.05) is 13.1 Å². The molecule has 0 atom stereocenters. The fraction of sp³-hybridized carbons (Fsp3) is 0.417. The van der Waals surface area contributed by atoms with Crippen LogP contribution in [0.5, 0.6) is 0 Å². The van der Waals surface area contributed by atoms with Crippen LogP contribution in [0.15, 0.2) is 30.3 Å². The number of piperidine rings is 1. The molecule has 1 radical (unpaired) electrons. The van der Waals surface area contributed by atoms with Crippen LogP contribution >= 0.6 is 0 Å². The van der Waals surface area contributed by atoms with Gasteiger partial charge in [-0.25, -0.2) is 12.7 Å². The zero-order valence-electron chi connectivity index (χ0n) is 9.17. The molecule has 1 aromatic carbocycles. The monoisotopic (exact) mass is 238 g/mol. The maximum Gasteiger partial charge on any atom is 0.218 e. The second-order valence-corrected chi connectivity index (χ2v) is 5.98. The van der Waals surface area contributed by atoms with E-state index in [1.807, 2.05) is 30.3 Å². The van der Waals surface area contributed by atoms with Crippen molar-refractivity contribution in [3.63, 3.8) is 0 Å². The summed E-state index contributed by atoms with van der Waals surface area (Å²) in [6, 6.07) is 9.34. The van der Waals surface area contributed by atoms with Gasteiger partial charge in [-0.2, -0.15) is 0 Å².